The Balaban J connectivity index is 2.32. The number of thiophene rings is 1. The number of aliphatic hydroxyl groups excluding tert-OH is 1. The summed E-state index contributed by atoms with van der Waals surface area (Å²) in [6.07, 6.45) is 2.39. The van der Waals surface area contributed by atoms with Crippen LogP contribution >= 0.6 is 38.9 Å². The van der Waals surface area contributed by atoms with Gasteiger partial charge in [0.05, 0.1) is 12.5 Å². The largest absolute Gasteiger partial charge is 0.472 e. The molecular formula is C9H6BrClO2S. The number of furan rings is 1. The van der Waals surface area contributed by atoms with Crippen LogP contribution in [0.25, 0.3) is 0 Å². The smallest absolute Gasteiger partial charge is 0.116 e. The summed E-state index contributed by atoms with van der Waals surface area (Å²) in [5.74, 6) is 0. The van der Waals surface area contributed by atoms with Gasteiger partial charge in [0, 0.05) is 14.9 Å². The highest BCUT2D eigenvalue weighted by atomic mass is 79.9. The van der Waals surface area contributed by atoms with Gasteiger partial charge in [-0.05, 0) is 28.1 Å². The first kappa shape index (κ1) is 10.2. The maximum Gasteiger partial charge on any atom is 0.116 e. The van der Waals surface area contributed by atoms with Crippen LogP contribution in [0.3, 0.4) is 0 Å². The summed E-state index contributed by atoms with van der Waals surface area (Å²) in [6, 6.07) is 3.54. The van der Waals surface area contributed by atoms with Crippen molar-refractivity contribution in [2.45, 2.75) is 6.10 Å². The van der Waals surface area contributed by atoms with Crippen molar-refractivity contribution in [2.24, 2.45) is 0 Å². The third-order valence-electron chi connectivity index (χ3n) is 1.79. The van der Waals surface area contributed by atoms with Gasteiger partial charge >= 0.3 is 0 Å². The van der Waals surface area contributed by atoms with Gasteiger partial charge in [-0.25, -0.2) is 0 Å². The summed E-state index contributed by atoms with van der Waals surface area (Å²) in [6.45, 7) is 0. The first-order valence-electron chi connectivity index (χ1n) is 3.83. The highest BCUT2D eigenvalue weighted by Crippen LogP contribution is 2.37. The van der Waals surface area contributed by atoms with Gasteiger partial charge in [0.2, 0.25) is 0 Å². The van der Waals surface area contributed by atoms with Gasteiger partial charge < -0.3 is 9.52 Å². The maximum absolute atomic E-state index is 9.89. The summed E-state index contributed by atoms with van der Waals surface area (Å²) < 4.78 is 6.34. The van der Waals surface area contributed by atoms with Crippen molar-refractivity contribution in [2.75, 3.05) is 0 Å². The summed E-state index contributed by atoms with van der Waals surface area (Å²) >= 11 is 10.5. The zero-order valence-electron chi connectivity index (χ0n) is 6.91. The first-order chi connectivity index (χ1) is 6.68. The molecule has 2 aromatic rings. The fraction of sp³-hybridized carbons (Fsp3) is 0.111. The van der Waals surface area contributed by atoms with Gasteiger partial charge in [0.15, 0.2) is 0 Å². The lowest BCUT2D eigenvalue weighted by molar-refractivity contribution is 0.223. The van der Waals surface area contributed by atoms with Gasteiger partial charge in [-0.1, -0.05) is 11.6 Å². The van der Waals surface area contributed by atoms with Crippen LogP contribution in [0.2, 0.25) is 4.34 Å². The van der Waals surface area contributed by atoms with Gasteiger partial charge in [0.25, 0.3) is 0 Å². The minimum Gasteiger partial charge on any atom is -0.472 e. The summed E-state index contributed by atoms with van der Waals surface area (Å²) in [5, 5.41) is 9.89. The van der Waals surface area contributed by atoms with E-state index in [-0.39, 0.29) is 0 Å². The van der Waals surface area contributed by atoms with Crippen molar-refractivity contribution in [3.63, 3.8) is 0 Å². The van der Waals surface area contributed by atoms with Crippen molar-refractivity contribution >= 4 is 38.9 Å². The normalized spacial score (nSPS) is 13.1. The van der Waals surface area contributed by atoms with Crippen LogP contribution < -0.4 is 0 Å². The van der Waals surface area contributed by atoms with E-state index < -0.39 is 6.10 Å². The number of halogens is 2. The minimum absolute atomic E-state index is 0.641. The lowest BCUT2D eigenvalue weighted by atomic mass is 10.2. The number of aliphatic hydroxyl groups is 1. The Kier molecular flexibility index (Phi) is 2.97. The molecule has 1 unspecified atom stereocenters. The Morgan fingerprint density at radius 2 is 2.36 bits per heavy atom. The van der Waals surface area contributed by atoms with E-state index in [2.05, 4.69) is 15.9 Å². The fourth-order valence-electron chi connectivity index (χ4n) is 1.09. The predicted molar refractivity (Wildman–Crippen MR) is 59.8 cm³/mol. The molecule has 5 heteroatoms. The van der Waals surface area contributed by atoms with E-state index in [1.807, 2.05) is 6.07 Å². The van der Waals surface area contributed by atoms with Crippen LogP contribution in [0, 0.1) is 0 Å². The van der Waals surface area contributed by atoms with Crippen molar-refractivity contribution in [1.82, 2.24) is 0 Å². The SMILES string of the molecule is OC(c1ccoc1)c1cc(Br)c(Cl)s1. The molecule has 0 aliphatic rings. The van der Waals surface area contributed by atoms with Crippen LogP contribution in [0.4, 0.5) is 0 Å². The van der Waals surface area contributed by atoms with Gasteiger partial charge in [-0.15, -0.1) is 11.3 Å². The quantitative estimate of drug-likeness (QED) is 0.912. The Morgan fingerprint density at radius 3 is 2.86 bits per heavy atom. The molecule has 0 saturated carbocycles. The molecule has 1 N–H and O–H groups in total. The molecule has 0 bridgehead atoms. The molecule has 0 fully saturated rings. The lowest BCUT2D eigenvalue weighted by Gasteiger charge is -2.03. The molecule has 14 heavy (non-hydrogen) atoms. The lowest BCUT2D eigenvalue weighted by Crippen LogP contribution is -1.93. The molecule has 0 aliphatic carbocycles. The van der Waals surface area contributed by atoms with Crippen LogP contribution in [-0.4, -0.2) is 5.11 Å². The standard InChI is InChI=1S/C9H6BrClO2S/c10-6-3-7(14-9(6)11)8(12)5-1-2-13-4-5/h1-4,8,12H. The molecule has 0 amide bonds. The van der Waals surface area contributed by atoms with Crippen LogP contribution in [0.15, 0.2) is 33.5 Å². The number of hydrogen-bond donors (Lipinski definition) is 1. The molecule has 2 nitrogen and oxygen atoms in total. The monoisotopic (exact) mass is 292 g/mol. The zero-order valence-corrected chi connectivity index (χ0v) is 10.1. The molecule has 0 aliphatic heterocycles. The van der Waals surface area contributed by atoms with E-state index in [1.54, 1.807) is 6.07 Å². The van der Waals surface area contributed by atoms with Gasteiger partial charge in [-0.3, -0.25) is 0 Å². The Hall–Kier alpha value is -0.290. The van der Waals surface area contributed by atoms with Crippen LogP contribution in [0.5, 0.6) is 0 Å². The van der Waals surface area contributed by atoms with Crippen LogP contribution in [0.1, 0.15) is 16.5 Å². The highest BCUT2D eigenvalue weighted by Gasteiger charge is 2.15. The van der Waals surface area contributed by atoms with E-state index in [4.69, 9.17) is 16.0 Å². The second kappa shape index (κ2) is 4.06. The topological polar surface area (TPSA) is 33.4 Å². The average molecular weight is 294 g/mol. The van der Waals surface area contributed by atoms with E-state index in [1.165, 1.54) is 23.9 Å². The summed E-state index contributed by atoms with van der Waals surface area (Å²) in [5.41, 5.74) is 0.732. The van der Waals surface area contributed by atoms with Gasteiger partial charge in [0.1, 0.15) is 10.4 Å². The van der Waals surface area contributed by atoms with E-state index in [0.717, 1.165) is 14.9 Å². The molecular weight excluding hydrogens is 288 g/mol. The zero-order chi connectivity index (χ0) is 10.1. The number of hydrogen-bond acceptors (Lipinski definition) is 3. The van der Waals surface area contributed by atoms with Crippen molar-refractivity contribution in [3.8, 4) is 0 Å². The number of rotatable bonds is 2. The molecule has 0 radical (unpaired) electrons. The minimum atomic E-state index is -0.664. The average Bonchev–Trinajstić information content (AvgIpc) is 2.76. The molecule has 2 heterocycles. The second-order valence-electron chi connectivity index (χ2n) is 2.73. The van der Waals surface area contributed by atoms with E-state index in [0.29, 0.717) is 4.34 Å². The Labute approximate surface area is 98.3 Å². The third-order valence-corrected chi connectivity index (χ3v) is 4.32. The highest BCUT2D eigenvalue weighted by molar-refractivity contribution is 9.10. The second-order valence-corrected chi connectivity index (χ2v) is 5.27. The molecule has 0 aromatic carbocycles. The van der Waals surface area contributed by atoms with E-state index >= 15 is 0 Å². The molecule has 1 atom stereocenters. The third kappa shape index (κ3) is 1.88. The fourth-order valence-corrected chi connectivity index (χ4v) is 2.84. The summed E-state index contributed by atoms with van der Waals surface area (Å²) in [7, 11) is 0. The van der Waals surface area contributed by atoms with Crippen LogP contribution in [-0.2, 0) is 0 Å². The molecule has 0 spiro atoms. The summed E-state index contributed by atoms with van der Waals surface area (Å²) in [4.78, 5) is 0.795. The van der Waals surface area contributed by atoms with Gasteiger partial charge in [-0.2, -0.15) is 0 Å². The predicted octanol–water partition coefficient (Wildman–Crippen LogP) is 3.84. The van der Waals surface area contributed by atoms with E-state index in [9.17, 15) is 5.11 Å². The van der Waals surface area contributed by atoms with Crippen molar-refractivity contribution in [1.29, 1.82) is 0 Å². The molecule has 2 rings (SSSR count). The Morgan fingerprint density at radius 1 is 1.57 bits per heavy atom. The molecule has 0 saturated heterocycles. The molecule has 74 valence electrons. The maximum atomic E-state index is 9.89. The van der Waals surface area contributed by atoms with Crippen molar-refractivity contribution in [3.05, 3.63) is 43.9 Å². The first-order valence-corrected chi connectivity index (χ1v) is 5.82. The Bertz CT molecular complexity index is 404. The van der Waals surface area contributed by atoms with Crippen molar-refractivity contribution < 1.29 is 9.52 Å². The molecule has 2 aromatic heterocycles.